The molecule has 1 aliphatic heterocycles. The zero-order valence-corrected chi connectivity index (χ0v) is 17.6. The van der Waals surface area contributed by atoms with E-state index in [1.54, 1.807) is 36.0 Å². The molecule has 3 atom stereocenters. The Bertz CT molecular complexity index is 687. The predicted octanol–water partition coefficient (Wildman–Crippen LogP) is 1.17. The number of amides is 2. The Balaban J connectivity index is 2.36. The first-order valence-corrected chi connectivity index (χ1v) is 9.54. The van der Waals surface area contributed by atoms with Crippen molar-refractivity contribution in [2.45, 2.75) is 26.0 Å². The number of hydrogen-bond acceptors (Lipinski definition) is 6. The molecule has 150 valence electrons. The molecule has 1 N–H and O–H groups in total. The van der Waals surface area contributed by atoms with E-state index in [1.165, 1.54) is 7.11 Å². The fraction of sp³-hybridized carbons (Fsp3) is 0.611. The number of nitrogens with zero attached hydrogens (tertiary/aromatic N) is 3. The molecule has 0 radical (unpaired) electrons. The minimum atomic E-state index is -0.371. The highest BCUT2D eigenvalue weighted by Gasteiger charge is 2.34. The first kappa shape index (κ1) is 21.6. The van der Waals surface area contributed by atoms with Gasteiger partial charge in [-0.2, -0.15) is 0 Å². The number of halogens is 1. The molecule has 0 saturated carbocycles. The smallest absolute Gasteiger partial charge is 0.259 e. The van der Waals surface area contributed by atoms with Crippen LogP contribution in [0, 0.1) is 5.92 Å². The maximum Gasteiger partial charge on any atom is 0.259 e. The van der Waals surface area contributed by atoms with Crippen LogP contribution < -0.4 is 4.74 Å². The van der Waals surface area contributed by atoms with Gasteiger partial charge in [-0.15, -0.1) is 0 Å². The zero-order valence-electron chi connectivity index (χ0n) is 16.0. The van der Waals surface area contributed by atoms with E-state index in [1.807, 2.05) is 6.92 Å². The number of likely N-dealkylation sites (N-methyl/N-ethyl adjacent to an activating group) is 1. The average Bonchev–Trinajstić information content (AvgIpc) is 2.64. The van der Waals surface area contributed by atoms with E-state index < -0.39 is 0 Å². The molecule has 1 aliphatic rings. The topological polar surface area (TPSA) is 92.2 Å². The molecule has 2 heterocycles. The number of carbonyl (C=O) groups is 2. The van der Waals surface area contributed by atoms with E-state index in [0.29, 0.717) is 23.1 Å². The van der Waals surface area contributed by atoms with Crippen LogP contribution in [0.5, 0.6) is 5.88 Å². The molecule has 0 aliphatic carbocycles. The molecule has 8 nitrogen and oxygen atoms in total. The summed E-state index contributed by atoms with van der Waals surface area (Å²) in [7, 11) is 3.16. The highest BCUT2D eigenvalue weighted by atomic mass is 79.9. The van der Waals surface area contributed by atoms with Crippen LogP contribution in [0.1, 0.15) is 24.2 Å². The van der Waals surface area contributed by atoms with Gasteiger partial charge < -0.3 is 24.4 Å². The molecule has 1 aromatic heterocycles. The molecule has 0 fully saturated rings. The number of hydrogen-bond donors (Lipinski definition) is 1. The third kappa shape index (κ3) is 5.18. The second-order valence-corrected chi connectivity index (χ2v) is 7.75. The van der Waals surface area contributed by atoms with Gasteiger partial charge in [-0.25, -0.2) is 4.98 Å². The highest BCUT2D eigenvalue weighted by molar-refractivity contribution is 9.10. The average molecular weight is 444 g/mol. The van der Waals surface area contributed by atoms with Crippen molar-refractivity contribution in [3.05, 3.63) is 22.3 Å². The molecule has 0 bridgehead atoms. The van der Waals surface area contributed by atoms with Crippen molar-refractivity contribution in [3.63, 3.8) is 0 Å². The van der Waals surface area contributed by atoms with Crippen LogP contribution in [-0.4, -0.2) is 84.3 Å². The van der Waals surface area contributed by atoms with Crippen molar-refractivity contribution >= 4 is 27.7 Å². The summed E-state index contributed by atoms with van der Waals surface area (Å²) in [5.74, 6) is -0.257. The Morgan fingerprint density at radius 2 is 2.30 bits per heavy atom. The van der Waals surface area contributed by atoms with Crippen molar-refractivity contribution in [2.24, 2.45) is 5.92 Å². The number of aliphatic hydroxyl groups is 1. The first-order valence-electron chi connectivity index (χ1n) is 8.75. The maximum atomic E-state index is 13.0. The molecule has 9 heteroatoms. The van der Waals surface area contributed by atoms with Gasteiger partial charge in [0, 0.05) is 37.3 Å². The van der Waals surface area contributed by atoms with Crippen molar-refractivity contribution in [2.75, 3.05) is 40.5 Å². The van der Waals surface area contributed by atoms with Crippen molar-refractivity contribution in [3.8, 4) is 5.88 Å². The quantitative estimate of drug-likeness (QED) is 0.709. The van der Waals surface area contributed by atoms with Crippen molar-refractivity contribution in [1.29, 1.82) is 0 Å². The summed E-state index contributed by atoms with van der Waals surface area (Å²) in [5.41, 5.74) is 0.326. The lowest BCUT2D eigenvalue weighted by Crippen LogP contribution is -2.50. The van der Waals surface area contributed by atoms with Crippen molar-refractivity contribution in [1.82, 2.24) is 14.8 Å². The van der Waals surface area contributed by atoms with Crippen LogP contribution in [-0.2, 0) is 9.53 Å². The molecular weight excluding hydrogens is 418 g/mol. The molecule has 2 rings (SSSR count). The summed E-state index contributed by atoms with van der Waals surface area (Å²) in [6.07, 6.45) is 1.19. The number of aromatic nitrogens is 1. The van der Waals surface area contributed by atoms with Gasteiger partial charge in [-0.05, 0) is 28.9 Å². The Morgan fingerprint density at radius 1 is 1.59 bits per heavy atom. The van der Waals surface area contributed by atoms with Gasteiger partial charge in [-0.3, -0.25) is 9.59 Å². The molecule has 0 saturated heterocycles. The van der Waals surface area contributed by atoms with Gasteiger partial charge in [0.15, 0.2) is 0 Å². The minimum absolute atomic E-state index is 0.00839. The summed E-state index contributed by atoms with van der Waals surface area (Å²) in [6, 6.07) is 1.31. The lowest BCUT2D eigenvalue weighted by molar-refractivity contribution is -0.135. The fourth-order valence-corrected chi connectivity index (χ4v) is 3.23. The van der Waals surface area contributed by atoms with E-state index in [9.17, 15) is 14.7 Å². The van der Waals surface area contributed by atoms with E-state index in [-0.39, 0.29) is 49.0 Å². The summed E-state index contributed by atoms with van der Waals surface area (Å²) in [5, 5.41) is 9.58. The van der Waals surface area contributed by atoms with Crippen LogP contribution in [0.2, 0.25) is 0 Å². The van der Waals surface area contributed by atoms with Gasteiger partial charge in [0.25, 0.3) is 5.91 Å². The third-order valence-electron chi connectivity index (χ3n) is 4.64. The SMILES string of the molecule is COCC(=O)N(C)C[C@H]1Oc2ncc(Br)cc2C(=O)N([C@@H](C)CO)C[C@H]1C. The molecule has 0 unspecified atom stereocenters. The van der Waals surface area contributed by atoms with E-state index >= 15 is 0 Å². The third-order valence-corrected chi connectivity index (χ3v) is 5.07. The molecule has 0 spiro atoms. The van der Waals surface area contributed by atoms with Crippen LogP contribution in [0.4, 0.5) is 0 Å². The van der Waals surface area contributed by atoms with E-state index in [0.717, 1.165) is 0 Å². The normalized spacial score (nSPS) is 21.0. The number of carbonyl (C=O) groups excluding carboxylic acids is 2. The fourth-order valence-electron chi connectivity index (χ4n) is 2.90. The van der Waals surface area contributed by atoms with Gasteiger partial charge in [0.05, 0.1) is 19.2 Å². The van der Waals surface area contributed by atoms with Gasteiger partial charge in [0.1, 0.15) is 18.3 Å². The number of aliphatic hydroxyl groups excluding tert-OH is 1. The van der Waals surface area contributed by atoms with Gasteiger partial charge in [0.2, 0.25) is 11.8 Å². The number of rotatable bonds is 6. The number of ether oxygens (including phenoxy) is 2. The number of fused-ring (bicyclic) bond motifs is 1. The van der Waals surface area contributed by atoms with E-state index in [4.69, 9.17) is 9.47 Å². The Kier molecular flexibility index (Phi) is 7.58. The second kappa shape index (κ2) is 9.48. The standard InChI is InChI=1S/C18H26BrN3O5/c1-11-7-22(12(2)9-23)18(25)14-5-13(19)6-20-17(14)27-15(11)8-21(3)16(24)10-26-4/h5-6,11-12,15,23H,7-10H2,1-4H3/t11-,12+,15-/m1/s1. The van der Waals surface area contributed by atoms with E-state index in [2.05, 4.69) is 20.9 Å². The van der Waals surface area contributed by atoms with Gasteiger partial charge in [-0.1, -0.05) is 6.92 Å². The molecule has 2 amide bonds. The number of pyridine rings is 1. The number of methoxy groups -OCH3 is 1. The summed E-state index contributed by atoms with van der Waals surface area (Å²) in [6.45, 7) is 4.31. The lowest BCUT2D eigenvalue weighted by atomic mass is 10.00. The highest BCUT2D eigenvalue weighted by Crippen LogP contribution is 2.28. The summed E-state index contributed by atoms with van der Waals surface area (Å²) in [4.78, 5) is 32.5. The summed E-state index contributed by atoms with van der Waals surface area (Å²) < 4.78 is 11.6. The molecule has 0 aromatic carbocycles. The summed E-state index contributed by atoms with van der Waals surface area (Å²) >= 11 is 3.34. The monoisotopic (exact) mass is 443 g/mol. The molecule has 27 heavy (non-hydrogen) atoms. The molecular formula is C18H26BrN3O5. The maximum absolute atomic E-state index is 13.0. The Hall–Kier alpha value is -1.71. The largest absolute Gasteiger partial charge is 0.472 e. The van der Waals surface area contributed by atoms with Crippen LogP contribution >= 0.6 is 15.9 Å². The van der Waals surface area contributed by atoms with Crippen molar-refractivity contribution < 1.29 is 24.2 Å². The second-order valence-electron chi connectivity index (χ2n) is 6.84. The minimum Gasteiger partial charge on any atom is -0.472 e. The van der Waals surface area contributed by atoms with Crippen LogP contribution in [0.15, 0.2) is 16.7 Å². The van der Waals surface area contributed by atoms with Crippen LogP contribution in [0.25, 0.3) is 0 Å². The predicted molar refractivity (Wildman–Crippen MR) is 103 cm³/mol. The lowest BCUT2D eigenvalue weighted by Gasteiger charge is -2.37. The van der Waals surface area contributed by atoms with Gasteiger partial charge >= 0.3 is 0 Å². The molecule has 1 aromatic rings. The Labute approximate surface area is 167 Å². The Morgan fingerprint density at radius 3 is 2.93 bits per heavy atom. The van der Waals surface area contributed by atoms with Crippen LogP contribution in [0.3, 0.4) is 0 Å². The first-order chi connectivity index (χ1) is 12.8. The zero-order chi connectivity index (χ0) is 20.1.